The Hall–Kier alpha value is -2.17. The van der Waals surface area contributed by atoms with Gasteiger partial charge in [-0.15, -0.1) is 0 Å². The van der Waals surface area contributed by atoms with Crippen LogP contribution in [0.5, 0.6) is 0 Å². The van der Waals surface area contributed by atoms with Crippen molar-refractivity contribution in [2.24, 2.45) is 0 Å². The van der Waals surface area contributed by atoms with Crippen molar-refractivity contribution in [3.8, 4) is 0 Å². The third-order valence-electron chi connectivity index (χ3n) is 4.26. The van der Waals surface area contributed by atoms with Gasteiger partial charge in [0.1, 0.15) is 0 Å². The van der Waals surface area contributed by atoms with E-state index >= 15 is 0 Å². The topological polar surface area (TPSA) is 102 Å². The number of carbonyl (C=O) groups is 2. The SMILES string of the molecule is O=C(COC(=O)c1ccc(S(=O)(=O)N2CCOCC2)cc1)Nc1c(Cl)cccc1Cl. The van der Waals surface area contributed by atoms with E-state index in [0.717, 1.165) is 0 Å². The summed E-state index contributed by atoms with van der Waals surface area (Å²) in [4.78, 5) is 24.2. The second-order valence-corrected chi connectivity index (χ2v) is 9.01. The van der Waals surface area contributed by atoms with Crippen LogP contribution in [0.1, 0.15) is 10.4 Å². The largest absolute Gasteiger partial charge is 0.452 e. The van der Waals surface area contributed by atoms with Crippen LogP contribution in [0.3, 0.4) is 0 Å². The van der Waals surface area contributed by atoms with E-state index in [4.69, 9.17) is 32.7 Å². The molecule has 0 aromatic heterocycles. The summed E-state index contributed by atoms with van der Waals surface area (Å²) in [5, 5.41) is 2.97. The van der Waals surface area contributed by atoms with E-state index < -0.39 is 28.5 Å². The van der Waals surface area contributed by atoms with Crippen molar-refractivity contribution in [3.05, 3.63) is 58.1 Å². The molecular weight excluding hydrogens is 455 g/mol. The summed E-state index contributed by atoms with van der Waals surface area (Å²) in [6.07, 6.45) is 0. The Kier molecular flexibility index (Phi) is 7.32. The van der Waals surface area contributed by atoms with Crippen LogP contribution in [-0.2, 0) is 24.3 Å². The van der Waals surface area contributed by atoms with Crippen LogP contribution in [0.15, 0.2) is 47.4 Å². The number of hydrogen-bond acceptors (Lipinski definition) is 6. The Bertz CT molecular complexity index is 1020. The highest BCUT2D eigenvalue weighted by Crippen LogP contribution is 2.29. The van der Waals surface area contributed by atoms with Gasteiger partial charge >= 0.3 is 5.97 Å². The minimum Gasteiger partial charge on any atom is -0.452 e. The fourth-order valence-electron chi connectivity index (χ4n) is 2.71. The molecule has 1 aliphatic heterocycles. The molecule has 0 spiro atoms. The number of hydrogen-bond donors (Lipinski definition) is 1. The molecule has 1 fully saturated rings. The van der Waals surface area contributed by atoms with Gasteiger partial charge in [-0.3, -0.25) is 4.79 Å². The van der Waals surface area contributed by atoms with Crippen LogP contribution in [-0.4, -0.2) is 57.5 Å². The van der Waals surface area contributed by atoms with Crippen molar-refractivity contribution in [1.29, 1.82) is 0 Å². The first-order valence-electron chi connectivity index (χ1n) is 8.88. The highest BCUT2D eigenvalue weighted by Gasteiger charge is 2.26. The lowest BCUT2D eigenvalue weighted by atomic mass is 10.2. The summed E-state index contributed by atoms with van der Waals surface area (Å²) in [6.45, 7) is 0.664. The first kappa shape index (κ1) is 22.5. The number of anilines is 1. The van der Waals surface area contributed by atoms with Crippen molar-refractivity contribution in [3.63, 3.8) is 0 Å². The molecule has 1 saturated heterocycles. The molecule has 1 amide bonds. The number of rotatable bonds is 6. The van der Waals surface area contributed by atoms with E-state index in [1.165, 1.54) is 28.6 Å². The molecule has 8 nitrogen and oxygen atoms in total. The molecule has 1 aliphatic rings. The summed E-state index contributed by atoms with van der Waals surface area (Å²) in [5.41, 5.74) is 0.332. The first-order chi connectivity index (χ1) is 14.3. The molecule has 1 N–H and O–H groups in total. The predicted octanol–water partition coefficient (Wildman–Crippen LogP) is 2.81. The lowest BCUT2D eigenvalue weighted by Gasteiger charge is -2.26. The Morgan fingerprint density at radius 3 is 2.23 bits per heavy atom. The van der Waals surface area contributed by atoms with Gasteiger partial charge in [-0.05, 0) is 36.4 Å². The highest BCUT2D eigenvalue weighted by molar-refractivity contribution is 7.89. The zero-order valence-electron chi connectivity index (χ0n) is 15.6. The highest BCUT2D eigenvalue weighted by atomic mass is 35.5. The van der Waals surface area contributed by atoms with Gasteiger partial charge in [-0.1, -0.05) is 29.3 Å². The van der Waals surface area contributed by atoms with Gasteiger partial charge < -0.3 is 14.8 Å². The molecule has 0 radical (unpaired) electrons. The Morgan fingerprint density at radius 2 is 1.63 bits per heavy atom. The van der Waals surface area contributed by atoms with Crippen LogP contribution in [0.4, 0.5) is 5.69 Å². The van der Waals surface area contributed by atoms with Gasteiger partial charge in [0.25, 0.3) is 5.91 Å². The van der Waals surface area contributed by atoms with E-state index in [1.807, 2.05) is 0 Å². The van der Waals surface area contributed by atoms with E-state index in [2.05, 4.69) is 5.32 Å². The van der Waals surface area contributed by atoms with Gasteiger partial charge in [0.2, 0.25) is 10.0 Å². The summed E-state index contributed by atoms with van der Waals surface area (Å²) < 4.78 is 36.6. The maximum atomic E-state index is 12.6. The van der Waals surface area contributed by atoms with Crippen molar-refractivity contribution >= 4 is 50.8 Å². The predicted molar refractivity (Wildman–Crippen MR) is 111 cm³/mol. The van der Waals surface area contributed by atoms with E-state index in [1.54, 1.807) is 18.2 Å². The number of morpholine rings is 1. The number of esters is 1. The Labute approximate surface area is 183 Å². The molecule has 0 unspecified atom stereocenters. The van der Waals surface area contributed by atoms with Crippen LogP contribution < -0.4 is 5.32 Å². The fourth-order valence-corrected chi connectivity index (χ4v) is 4.61. The summed E-state index contributed by atoms with van der Waals surface area (Å²) in [6, 6.07) is 10.1. The van der Waals surface area contributed by atoms with Crippen molar-refractivity contribution < 1.29 is 27.5 Å². The molecule has 30 heavy (non-hydrogen) atoms. The maximum absolute atomic E-state index is 12.6. The van der Waals surface area contributed by atoms with Gasteiger partial charge in [0.05, 0.1) is 39.4 Å². The van der Waals surface area contributed by atoms with Crippen LogP contribution >= 0.6 is 23.2 Å². The number of sulfonamides is 1. The second kappa shape index (κ2) is 9.76. The summed E-state index contributed by atoms with van der Waals surface area (Å²) >= 11 is 11.9. The van der Waals surface area contributed by atoms with Gasteiger partial charge in [-0.25, -0.2) is 13.2 Å². The zero-order chi connectivity index (χ0) is 21.7. The second-order valence-electron chi connectivity index (χ2n) is 6.26. The van der Waals surface area contributed by atoms with Crippen LogP contribution in [0, 0.1) is 0 Å². The third kappa shape index (κ3) is 5.30. The zero-order valence-corrected chi connectivity index (χ0v) is 18.0. The lowest BCUT2D eigenvalue weighted by molar-refractivity contribution is -0.119. The van der Waals surface area contributed by atoms with Crippen molar-refractivity contribution in [1.82, 2.24) is 4.31 Å². The molecule has 3 rings (SSSR count). The van der Waals surface area contributed by atoms with Gasteiger partial charge in [0, 0.05) is 13.1 Å². The molecule has 0 aliphatic carbocycles. The molecule has 0 atom stereocenters. The average molecular weight is 473 g/mol. The first-order valence-corrected chi connectivity index (χ1v) is 11.1. The lowest BCUT2D eigenvalue weighted by Crippen LogP contribution is -2.40. The number of ether oxygens (including phenoxy) is 2. The minimum atomic E-state index is -3.66. The molecule has 2 aromatic carbocycles. The van der Waals surface area contributed by atoms with Crippen LogP contribution in [0.25, 0.3) is 0 Å². The number of amides is 1. The molecule has 0 saturated carbocycles. The normalized spacial score (nSPS) is 14.9. The van der Waals surface area contributed by atoms with Crippen LogP contribution in [0.2, 0.25) is 10.0 Å². The number of benzene rings is 2. The number of nitrogens with zero attached hydrogens (tertiary/aromatic N) is 1. The van der Waals surface area contributed by atoms with E-state index in [9.17, 15) is 18.0 Å². The Balaban J connectivity index is 1.59. The number of carbonyl (C=O) groups excluding carboxylic acids is 2. The maximum Gasteiger partial charge on any atom is 0.338 e. The number of para-hydroxylation sites is 1. The third-order valence-corrected chi connectivity index (χ3v) is 6.80. The molecule has 0 bridgehead atoms. The molecule has 1 heterocycles. The summed E-state index contributed by atoms with van der Waals surface area (Å²) in [5.74, 6) is -1.39. The summed E-state index contributed by atoms with van der Waals surface area (Å²) in [7, 11) is -3.66. The van der Waals surface area contributed by atoms with E-state index in [0.29, 0.717) is 13.2 Å². The molecule has 160 valence electrons. The van der Waals surface area contributed by atoms with E-state index in [-0.39, 0.29) is 39.3 Å². The number of halogens is 2. The standard InChI is InChI=1S/C19H18Cl2N2O6S/c20-15-2-1-3-16(21)18(15)22-17(24)12-29-19(25)13-4-6-14(7-5-13)30(26,27)23-8-10-28-11-9-23/h1-7H,8-12H2,(H,22,24). The van der Waals surface area contributed by atoms with Crippen molar-refractivity contribution in [2.75, 3.05) is 38.2 Å². The monoisotopic (exact) mass is 472 g/mol. The molecule has 11 heteroatoms. The average Bonchev–Trinajstić information content (AvgIpc) is 2.75. The molecular formula is C19H18Cl2N2O6S. The van der Waals surface area contributed by atoms with Crippen molar-refractivity contribution in [2.45, 2.75) is 4.90 Å². The van der Waals surface area contributed by atoms with Gasteiger partial charge in [0.15, 0.2) is 6.61 Å². The quantitative estimate of drug-likeness (QED) is 0.648. The number of nitrogens with one attached hydrogen (secondary N) is 1. The minimum absolute atomic E-state index is 0.0621. The Morgan fingerprint density at radius 1 is 1.03 bits per heavy atom. The fraction of sp³-hybridized carbons (Fsp3) is 0.263. The van der Waals surface area contributed by atoms with Gasteiger partial charge in [-0.2, -0.15) is 4.31 Å². The molecule has 2 aromatic rings. The smallest absolute Gasteiger partial charge is 0.338 e.